The Morgan fingerprint density at radius 3 is 2.90 bits per heavy atom. The van der Waals surface area contributed by atoms with Gasteiger partial charge in [0.2, 0.25) is 11.8 Å². The molecule has 7 heteroatoms. The van der Waals surface area contributed by atoms with Gasteiger partial charge < -0.3 is 18.8 Å². The van der Waals surface area contributed by atoms with Crippen LogP contribution in [-0.4, -0.2) is 35.5 Å². The maximum atomic E-state index is 13.2. The fourth-order valence-corrected chi connectivity index (χ4v) is 4.79. The summed E-state index contributed by atoms with van der Waals surface area (Å²) < 4.78 is 17.4. The van der Waals surface area contributed by atoms with Crippen molar-refractivity contribution in [2.45, 2.75) is 38.6 Å². The molecule has 0 saturated carbocycles. The molecule has 2 aliphatic rings. The Labute approximate surface area is 179 Å². The molecule has 0 aliphatic carbocycles. The maximum Gasteiger partial charge on any atom is 0.236 e. The Morgan fingerprint density at radius 2 is 2.07 bits per heavy atom. The number of aromatic nitrogens is 1. The van der Waals surface area contributed by atoms with Crippen LogP contribution in [0.3, 0.4) is 0 Å². The Kier molecular flexibility index (Phi) is 5.21. The third-order valence-electron chi connectivity index (χ3n) is 5.67. The highest BCUT2D eigenvalue weighted by molar-refractivity contribution is 7.13. The largest absolute Gasteiger partial charge is 0.490 e. The van der Waals surface area contributed by atoms with Gasteiger partial charge in [-0.3, -0.25) is 4.79 Å². The van der Waals surface area contributed by atoms with Crippen LogP contribution in [0.4, 0.5) is 0 Å². The lowest BCUT2D eigenvalue weighted by molar-refractivity contribution is -0.131. The zero-order chi connectivity index (χ0) is 20.5. The molecule has 0 radical (unpaired) electrons. The average molecular weight is 425 g/mol. The van der Waals surface area contributed by atoms with Gasteiger partial charge in [0.25, 0.3) is 0 Å². The van der Waals surface area contributed by atoms with Crippen LogP contribution >= 0.6 is 11.3 Å². The number of ether oxygens (including phenoxy) is 2. The van der Waals surface area contributed by atoms with E-state index in [1.807, 2.05) is 41.5 Å². The predicted octanol–water partition coefficient (Wildman–Crippen LogP) is 4.78. The summed E-state index contributed by atoms with van der Waals surface area (Å²) in [6.45, 7) is 3.96. The van der Waals surface area contributed by atoms with E-state index in [2.05, 4.69) is 11.1 Å². The number of oxazole rings is 1. The molecule has 1 fully saturated rings. The van der Waals surface area contributed by atoms with Crippen molar-refractivity contribution >= 4 is 17.2 Å². The third kappa shape index (κ3) is 3.69. The zero-order valence-electron chi connectivity index (χ0n) is 16.9. The molecular formula is C23H24N2O4S. The van der Waals surface area contributed by atoms with E-state index < -0.39 is 0 Å². The number of benzene rings is 1. The van der Waals surface area contributed by atoms with E-state index in [1.165, 1.54) is 0 Å². The first-order chi connectivity index (χ1) is 14.7. The number of rotatable bonds is 4. The van der Waals surface area contributed by atoms with Gasteiger partial charge in [-0.25, -0.2) is 4.98 Å². The van der Waals surface area contributed by atoms with Gasteiger partial charge >= 0.3 is 0 Å². The molecule has 0 bridgehead atoms. The first kappa shape index (κ1) is 19.2. The lowest BCUT2D eigenvalue weighted by Crippen LogP contribution is -2.32. The number of carbonyl (C=O) groups is 1. The maximum absolute atomic E-state index is 13.2. The molecule has 1 unspecified atom stereocenters. The van der Waals surface area contributed by atoms with E-state index in [9.17, 15) is 4.79 Å². The van der Waals surface area contributed by atoms with Crippen molar-refractivity contribution in [2.75, 3.05) is 19.8 Å². The minimum atomic E-state index is 0.0543. The highest BCUT2D eigenvalue weighted by atomic mass is 32.1. The minimum Gasteiger partial charge on any atom is -0.490 e. The van der Waals surface area contributed by atoms with Gasteiger partial charge in [0, 0.05) is 13.0 Å². The molecule has 2 aromatic heterocycles. The Bertz CT molecular complexity index is 1040. The molecule has 2 aliphatic heterocycles. The summed E-state index contributed by atoms with van der Waals surface area (Å²) in [5.74, 6) is 2.94. The van der Waals surface area contributed by atoms with Crippen LogP contribution < -0.4 is 9.47 Å². The van der Waals surface area contributed by atoms with E-state index in [0.717, 1.165) is 47.7 Å². The molecule has 4 heterocycles. The van der Waals surface area contributed by atoms with Crippen LogP contribution in [0.15, 0.2) is 40.1 Å². The normalized spacial score (nSPS) is 18.4. The number of carbonyl (C=O) groups excluding carboxylic acids is 1. The van der Waals surface area contributed by atoms with Crippen molar-refractivity contribution in [2.24, 2.45) is 0 Å². The van der Waals surface area contributed by atoms with Crippen molar-refractivity contribution in [1.29, 1.82) is 0 Å². The van der Waals surface area contributed by atoms with E-state index >= 15 is 0 Å². The predicted molar refractivity (Wildman–Crippen MR) is 114 cm³/mol. The SMILES string of the molecule is Cc1oc(-c2cccs2)nc1CC(=O)N1CCCC1c1ccc2c(c1)OCCCO2. The van der Waals surface area contributed by atoms with E-state index in [4.69, 9.17) is 13.9 Å². The molecule has 156 valence electrons. The second-order valence-corrected chi connectivity index (χ2v) is 8.63. The minimum absolute atomic E-state index is 0.0543. The summed E-state index contributed by atoms with van der Waals surface area (Å²) in [6.07, 6.45) is 3.07. The molecule has 5 rings (SSSR count). The summed E-state index contributed by atoms with van der Waals surface area (Å²) in [6, 6.07) is 10.1. The first-order valence-corrected chi connectivity index (χ1v) is 11.3. The second kappa shape index (κ2) is 8.14. The average Bonchev–Trinajstić information content (AvgIpc) is 3.47. The van der Waals surface area contributed by atoms with Crippen molar-refractivity contribution in [1.82, 2.24) is 9.88 Å². The Hall–Kier alpha value is -2.80. The van der Waals surface area contributed by atoms with Crippen LogP contribution in [0.25, 0.3) is 10.8 Å². The summed E-state index contributed by atoms with van der Waals surface area (Å²) in [7, 11) is 0. The number of aryl methyl sites for hydroxylation is 1. The standard InChI is InChI=1S/C23H24N2O4S/c1-15-17(24-23(29-15)21-6-3-12-30-21)14-22(26)25-9-2-5-18(25)16-7-8-19-20(13-16)28-11-4-10-27-19/h3,6-8,12-13,18H,2,4-5,9-11,14H2,1H3. The van der Waals surface area contributed by atoms with Crippen LogP contribution in [0, 0.1) is 6.92 Å². The quantitative estimate of drug-likeness (QED) is 0.603. The molecule has 0 N–H and O–H groups in total. The fraction of sp³-hybridized carbons (Fsp3) is 0.391. The topological polar surface area (TPSA) is 64.8 Å². The van der Waals surface area contributed by atoms with Crippen molar-refractivity contribution in [3.05, 3.63) is 52.7 Å². The molecule has 3 aromatic rings. The highest BCUT2D eigenvalue weighted by Crippen LogP contribution is 2.38. The third-order valence-corrected chi connectivity index (χ3v) is 6.53. The smallest absolute Gasteiger partial charge is 0.236 e. The van der Waals surface area contributed by atoms with Crippen molar-refractivity contribution < 1.29 is 18.7 Å². The van der Waals surface area contributed by atoms with Gasteiger partial charge in [-0.15, -0.1) is 11.3 Å². The molecule has 1 atom stereocenters. The molecule has 1 aromatic carbocycles. The van der Waals surface area contributed by atoms with E-state index in [-0.39, 0.29) is 18.4 Å². The summed E-state index contributed by atoms with van der Waals surface area (Å²) in [4.78, 5) is 20.7. The first-order valence-electron chi connectivity index (χ1n) is 10.4. The molecule has 6 nitrogen and oxygen atoms in total. The van der Waals surface area contributed by atoms with Crippen LogP contribution in [0.1, 0.15) is 42.3 Å². The van der Waals surface area contributed by atoms with Gasteiger partial charge in [0.15, 0.2) is 11.5 Å². The van der Waals surface area contributed by atoms with E-state index in [0.29, 0.717) is 30.6 Å². The number of fused-ring (bicyclic) bond motifs is 1. The van der Waals surface area contributed by atoms with Crippen LogP contribution in [0.2, 0.25) is 0 Å². The number of likely N-dealkylation sites (tertiary alicyclic amines) is 1. The Morgan fingerprint density at radius 1 is 1.20 bits per heavy atom. The Balaban J connectivity index is 1.34. The van der Waals surface area contributed by atoms with Gasteiger partial charge in [-0.1, -0.05) is 12.1 Å². The van der Waals surface area contributed by atoms with Crippen molar-refractivity contribution in [3.8, 4) is 22.3 Å². The van der Waals surface area contributed by atoms with Gasteiger partial charge in [0.05, 0.1) is 36.2 Å². The molecule has 1 amide bonds. The number of hydrogen-bond acceptors (Lipinski definition) is 6. The van der Waals surface area contributed by atoms with Crippen LogP contribution in [-0.2, 0) is 11.2 Å². The fourth-order valence-electron chi connectivity index (χ4n) is 4.14. The zero-order valence-corrected chi connectivity index (χ0v) is 17.7. The second-order valence-electron chi connectivity index (χ2n) is 7.68. The van der Waals surface area contributed by atoms with Gasteiger partial charge in [-0.05, 0) is 48.9 Å². The lowest BCUT2D eigenvalue weighted by atomic mass is 10.0. The molecular weight excluding hydrogens is 400 g/mol. The summed E-state index contributed by atoms with van der Waals surface area (Å²) in [5.41, 5.74) is 1.81. The summed E-state index contributed by atoms with van der Waals surface area (Å²) >= 11 is 1.58. The highest BCUT2D eigenvalue weighted by Gasteiger charge is 2.31. The molecule has 1 saturated heterocycles. The monoisotopic (exact) mass is 424 g/mol. The molecule has 0 spiro atoms. The van der Waals surface area contributed by atoms with Crippen LogP contribution in [0.5, 0.6) is 11.5 Å². The lowest BCUT2D eigenvalue weighted by Gasteiger charge is -2.25. The molecule has 30 heavy (non-hydrogen) atoms. The number of thiophene rings is 1. The summed E-state index contributed by atoms with van der Waals surface area (Å²) in [5, 5.41) is 1.99. The number of nitrogens with zero attached hydrogens (tertiary/aromatic N) is 2. The van der Waals surface area contributed by atoms with Gasteiger partial charge in [0.1, 0.15) is 5.76 Å². The van der Waals surface area contributed by atoms with Crippen molar-refractivity contribution in [3.63, 3.8) is 0 Å². The van der Waals surface area contributed by atoms with E-state index in [1.54, 1.807) is 11.3 Å². The number of hydrogen-bond donors (Lipinski definition) is 0. The number of amides is 1. The van der Waals surface area contributed by atoms with Gasteiger partial charge in [-0.2, -0.15) is 0 Å².